The average molecular weight is 397 g/mol. The number of aromatic nitrogens is 1. The van der Waals surface area contributed by atoms with Crippen molar-refractivity contribution in [1.29, 1.82) is 0 Å². The van der Waals surface area contributed by atoms with Crippen molar-refractivity contribution >= 4 is 16.8 Å². The van der Waals surface area contributed by atoms with E-state index in [0.29, 0.717) is 12.0 Å². The van der Waals surface area contributed by atoms with E-state index < -0.39 is 0 Å². The molecule has 2 aliphatic heterocycles. The Morgan fingerprint density at radius 3 is 2.79 bits per heavy atom. The van der Waals surface area contributed by atoms with Crippen molar-refractivity contribution in [3.8, 4) is 0 Å². The number of fused-ring (bicyclic) bond motifs is 1. The SMILES string of the molecule is CN1CCN([C@@H]2CCN(C(=O)c3ccc4ncccc4c3)C[C@@H]2CCCO)CC1. The number of carbonyl (C=O) groups excluding carboxylic acids is 1. The molecule has 0 unspecified atom stereocenters. The Balaban J connectivity index is 1.47. The van der Waals surface area contributed by atoms with Crippen molar-refractivity contribution in [1.82, 2.24) is 19.7 Å². The number of amides is 1. The first-order chi connectivity index (χ1) is 14.2. The van der Waals surface area contributed by atoms with Crippen molar-refractivity contribution in [3.05, 3.63) is 42.1 Å². The van der Waals surface area contributed by atoms with E-state index >= 15 is 0 Å². The Morgan fingerprint density at radius 1 is 1.17 bits per heavy atom. The maximum absolute atomic E-state index is 13.2. The van der Waals surface area contributed by atoms with E-state index in [-0.39, 0.29) is 12.5 Å². The van der Waals surface area contributed by atoms with Gasteiger partial charge in [0.05, 0.1) is 5.52 Å². The van der Waals surface area contributed by atoms with Crippen LogP contribution in [0.5, 0.6) is 0 Å². The summed E-state index contributed by atoms with van der Waals surface area (Å²) in [6.45, 7) is 6.22. The number of piperidine rings is 1. The first-order valence-electron chi connectivity index (χ1n) is 10.8. The van der Waals surface area contributed by atoms with Crippen LogP contribution >= 0.6 is 0 Å². The third-order valence-corrected chi connectivity index (χ3v) is 6.57. The lowest BCUT2D eigenvalue weighted by Crippen LogP contribution is -2.56. The number of benzene rings is 1. The molecule has 29 heavy (non-hydrogen) atoms. The van der Waals surface area contributed by atoms with Gasteiger partial charge in [-0.25, -0.2) is 0 Å². The highest BCUT2D eigenvalue weighted by Crippen LogP contribution is 2.28. The van der Waals surface area contributed by atoms with Crippen LogP contribution in [0.15, 0.2) is 36.5 Å². The molecule has 0 radical (unpaired) electrons. The molecule has 0 spiro atoms. The maximum Gasteiger partial charge on any atom is 0.253 e. The second-order valence-corrected chi connectivity index (χ2v) is 8.48. The third-order valence-electron chi connectivity index (χ3n) is 6.57. The molecule has 156 valence electrons. The van der Waals surface area contributed by atoms with Crippen LogP contribution < -0.4 is 0 Å². The number of aliphatic hydroxyl groups excluding tert-OH is 1. The summed E-state index contributed by atoms with van der Waals surface area (Å²) in [6, 6.07) is 10.2. The fourth-order valence-corrected chi connectivity index (χ4v) is 4.87. The summed E-state index contributed by atoms with van der Waals surface area (Å²) >= 11 is 0. The summed E-state index contributed by atoms with van der Waals surface area (Å²) in [7, 11) is 2.18. The van der Waals surface area contributed by atoms with Crippen LogP contribution in [0.1, 0.15) is 29.6 Å². The van der Waals surface area contributed by atoms with Crippen molar-refractivity contribution in [3.63, 3.8) is 0 Å². The Bertz CT molecular complexity index is 834. The molecule has 4 rings (SSSR count). The molecule has 1 amide bonds. The summed E-state index contributed by atoms with van der Waals surface area (Å²) in [5, 5.41) is 10.4. The third kappa shape index (κ3) is 4.60. The number of likely N-dealkylation sites (N-methyl/N-ethyl adjacent to an activating group) is 1. The average Bonchev–Trinajstić information content (AvgIpc) is 2.77. The number of hydrogen-bond donors (Lipinski definition) is 1. The van der Waals surface area contributed by atoms with E-state index in [9.17, 15) is 9.90 Å². The molecule has 1 aromatic carbocycles. The topological polar surface area (TPSA) is 59.9 Å². The van der Waals surface area contributed by atoms with Gasteiger partial charge in [0, 0.05) is 69.1 Å². The van der Waals surface area contributed by atoms with E-state index in [0.717, 1.165) is 75.0 Å². The Morgan fingerprint density at radius 2 is 2.00 bits per heavy atom. The van der Waals surface area contributed by atoms with E-state index in [1.54, 1.807) is 6.20 Å². The van der Waals surface area contributed by atoms with Crippen LogP contribution in [0.3, 0.4) is 0 Å². The smallest absolute Gasteiger partial charge is 0.253 e. The lowest BCUT2D eigenvalue weighted by Gasteiger charge is -2.46. The minimum absolute atomic E-state index is 0.113. The van der Waals surface area contributed by atoms with Crippen LogP contribution in [-0.4, -0.2) is 89.7 Å². The minimum atomic E-state index is 0.113. The number of pyridine rings is 1. The molecule has 6 heteroatoms. The van der Waals surface area contributed by atoms with Gasteiger partial charge >= 0.3 is 0 Å². The first-order valence-corrected chi connectivity index (χ1v) is 10.8. The molecule has 2 atom stereocenters. The summed E-state index contributed by atoms with van der Waals surface area (Å²) in [5.41, 5.74) is 1.66. The van der Waals surface area contributed by atoms with E-state index in [2.05, 4.69) is 21.8 Å². The van der Waals surface area contributed by atoms with Gasteiger partial charge in [0.1, 0.15) is 0 Å². The molecule has 0 saturated carbocycles. The van der Waals surface area contributed by atoms with Crippen molar-refractivity contribution in [2.45, 2.75) is 25.3 Å². The summed E-state index contributed by atoms with van der Waals surface area (Å²) in [4.78, 5) is 24.6. The van der Waals surface area contributed by atoms with E-state index in [1.165, 1.54) is 0 Å². The number of piperazine rings is 1. The second-order valence-electron chi connectivity index (χ2n) is 8.48. The minimum Gasteiger partial charge on any atom is -0.396 e. The van der Waals surface area contributed by atoms with Crippen LogP contribution in [-0.2, 0) is 0 Å². The molecule has 2 aromatic rings. The van der Waals surface area contributed by atoms with Crippen LogP contribution in [0.25, 0.3) is 10.9 Å². The molecule has 0 bridgehead atoms. The zero-order chi connectivity index (χ0) is 20.2. The van der Waals surface area contributed by atoms with Gasteiger partial charge in [0.2, 0.25) is 0 Å². The summed E-state index contributed by atoms with van der Waals surface area (Å²) in [5.74, 6) is 0.534. The normalized spacial score (nSPS) is 24.1. The van der Waals surface area contributed by atoms with Gasteiger partial charge < -0.3 is 14.9 Å². The maximum atomic E-state index is 13.2. The number of rotatable bonds is 5. The molecule has 2 saturated heterocycles. The van der Waals surface area contributed by atoms with Gasteiger partial charge in [-0.15, -0.1) is 0 Å². The molecule has 2 aliphatic rings. The Hall–Kier alpha value is -2.02. The highest BCUT2D eigenvalue weighted by Gasteiger charge is 2.35. The number of aliphatic hydroxyl groups is 1. The van der Waals surface area contributed by atoms with Gasteiger partial charge in [0.15, 0.2) is 0 Å². The predicted molar refractivity (Wildman–Crippen MR) is 115 cm³/mol. The van der Waals surface area contributed by atoms with Crippen LogP contribution in [0.2, 0.25) is 0 Å². The van der Waals surface area contributed by atoms with E-state index in [1.807, 2.05) is 35.2 Å². The predicted octanol–water partition coefficient (Wildman–Crippen LogP) is 2.09. The first kappa shape index (κ1) is 20.3. The molecule has 1 N–H and O–H groups in total. The van der Waals surface area contributed by atoms with Gasteiger partial charge in [-0.05, 0) is 56.5 Å². The highest BCUT2D eigenvalue weighted by atomic mass is 16.3. The zero-order valence-corrected chi connectivity index (χ0v) is 17.3. The molecule has 0 aliphatic carbocycles. The summed E-state index contributed by atoms with van der Waals surface area (Å²) < 4.78 is 0. The quantitative estimate of drug-likeness (QED) is 0.839. The molecule has 2 fully saturated rings. The fraction of sp³-hybridized carbons (Fsp3) is 0.565. The van der Waals surface area contributed by atoms with Crippen LogP contribution in [0, 0.1) is 5.92 Å². The molecule has 3 heterocycles. The fourth-order valence-electron chi connectivity index (χ4n) is 4.87. The number of hydrogen-bond acceptors (Lipinski definition) is 5. The number of carbonyl (C=O) groups is 1. The van der Waals surface area contributed by atoms with Gasteiger partial charge in [0.25, 0.3) is 5.91 Å². The van der Waals surface area contributed by atoms with Crippen LogP contribution in [0.4, 0.5) is 0 Å². The summed E-state index contributed by atoms with van der Waals surface area (Å²) in [6.07, 6.45) is 4.57. The number of likely N-dealkylation sites (tertiary alicyclic amines) is 1. The Labute approximate surface area is 173 Å². The lowest BCUT2D eigenvalue weighted by atomic mass is 9.86. The van der Waals surface area contributed by atoms with Crippen molar-refractivity contribution in [2.75, 3.05) is 52.9 Å². The Kier molecular flexibility index (Phi) is 6.43. The lowest BCUT2D eigenvalue weighted by molar-refractivity contribution is 0.0218. The van der Waals surface area contributed by atoms with Gasteiger partial charge in [-0.2, -0.15) is 0 Å². The molecular formula is C23H32N4O2. The number of nitrogens with zero attached hydrogens (tertiary/aromatic N) is 4. The highest BCUT2D eigenvalue weighted by molar-refractivity contribution is 5.98. The monoisotopic (exact) mass is 396 g/mol. The molecule has 6 nitrogen and oxygen atoms in total. The van der Waals surface area contributed by atoms with E-state index in [4.69, 9.17) is 0 Å². The standard InChI is InChI=1S/C23H32N4O2/c1-25-11-13-26(14-12-25)22-8-10-27(17-20(22)5-3-15-28)23(29)19-6-7-21-18(16-19)4-2-9-24-21/h2,4,6-7,9,16,20,22,28H,3,5,8,10-15,17H2,1H3/t20-,22+/m0/s1. The second kappa shape index (κ2) is 9.20. The molecular weight excluding hydrogens is 364 g/mol. The van der Waals surface area contributed by atoms with Crippen molar-refractivity contribution in [2.24, 2.45) is 5.92 Å². The van der Waals surface area contributed by atoms with Gasteiger partial charge in [-0.3, -0.25) is 14.7 Å². The van der Waals surface area contributed by atoms with Crippen molar-refractivity contribution < 1.29 is 9.90 Å². The molecule has 1 aromatic heterocycles. The zero-order valence-electron chi connectivity index (χ0n) is 17.3. The van der Waals surface area contributed by atoms with Gasteiger partial charge in [-0.1, -0.05) is 6.07 Å². The largest absolute Gasteiger partial charge is 0.396 e.